The van der Waals surface area contributed by atoms with E-state index in [2.05, 4.69) is 4.98 Å². The lowest BCUT2D eigenvalue weighted by Gasteiger charge is -2.23. The van der Waals surface area contributed by atoms with Crippen molar-refractivity contribution in [3.63, 3.8) is 0 Å². The molecule has 1 amide bonds. The van der Waals surface area contributed by atoms with Crippen molar-refractivity contribution >= 4 is 17.5 Å². The predicted octanol–water partition coefficient (Wildman–Crippen LogP) is 6.58. The summed E-state index contributed by atoms with van der Waals surface area (Å²) >= 11 is 0. The fraction of sp³-hybridized carbons (Fsp3) is 0.129. The SMILES string of the molecule is Cc1cc(C(=O)N2Cc3ccc(C(=O)n4ccnc4)n3Cc3ccccc32)ccc1-c1ccccc1C(F)(F)F. The fourth-order valence-corrected chi connectivity index (χ4v) is 5.26. The van der Waals surface area contributed by atoms with Crippen molar-refractivity contribution in [1.82, 2.24) is 14.1 Å². The van der Waals surface area contributed by atoms with Crippen LogP contribution in [0.4, 0.5) is 18.9 Å². The van der Waals surface area contributed by atoms with E-state index in [0.29, 0.717) is 34.6 Å². The summed E-state index contributed by atoms with van der Waals surface area (Å²) in [6.45, 7) is 2.31. The maximum absolute atomic E-state index is 13.9. The Balaban J connectivity index is 1.38. The van der Waals surface area contributed by atoms with Crippen LogP contribution in [0.1, 0.15) is 43.2 Å². The van der Waals surface area contributed by atoms with Crippen LogP contribution in [0.25, 0.3) is 11.1 Å². The van der Waals surface area contributed by atoms with Crippen molar-refractivity contribution < 1.29 is 22.8 Å². The zero-order valence-corrected chi connectivity index (χ0v) is 21.4. The van der Waals surface area contributed by atoms with Crippen molar-refractivity contribution in [3.8, 4) is 11.1 Å². The molecule has 0 spiro atoms. The van der Waals surface area contributed by atoms with Gasteiger partial charge in [-0.2, -0.15) is 13.2 Å². The number of amides is 1. The van der Waals surface area contributed by atoms with Gasteiger partial charge < -0.3 is 9.47 Å². The smallest absolute Gasteiger partial charge is 0.334 e. The maximum atomic E-state index is 13.9. The number of benzene rings is 3. The monoisotopic (exact) mass is 540 g/mol. The Morgan fingerprint density at radius 3 is 2.38 bits per heavy atom. The molecule has 9 heteroatoms. The first-order chi connectivity index (χ1) is 19.2. The first-order valence-electron chi connectivity index (χ1n) is 12.6. The summed E-state index contributed by atoms with van der Waals surface area (Å²) in [6.07, 6.45) is 0.0684. The third-order valence-electron chi connectivity index (χ3n) is 7.20. The average molecular weight is 541 g/mol. The number of carbonyl (C=O) groups excluding carboxylic acids is 2. The molecule has 3 aromatic carbocycles. The Morgan fingerprint density at radius 1 is 0.850 bits per heavy atom. The molecule has 0 unspecified atom stereocenters. The highest BCUT2D eigenvalue weighted by Gasteiger charge is 2.34. The molecular weight excluding hydrogens is 517 g/mol. The van der Waals surface area contributed by atoms with Crippen LogP contribution in [0.5, 0.6) is 0 Å². The van der Waals surface area contributed by atoms with Gasteiger partial charge in [0.2, 0.25) is 0 Å². The molecule has 3 heterocycles. The number of nitrogens with zero attached hydrogens (tertiary/aromatic N) is 4. The van der Waals surface area contributed by atoms with Gasteiger partial charge in [-0.05, 0) is 65.6 Å². The molecule has 0 N–H and O–H groups in total. The number of fused-ring (bicyclic) bond motifs is 2. The van der Waals surface area contributed by atoms with E-state index in [0.717, 1.165) is 17.3 Å². The van der Waals surface area contributed by atoms with Gasteiger partial charge in [0.15, 0.2) is 0 Å². The van der Waals surface area contributed by atoms with Gasteiger partial charge in [0.25, 0.3) is 11.8 Å². The summed E-state index contributed by atoms with van der Waals surface area (Å²) in [7, 11) is 0. The normalized spacial score (nSPS) is 12.9. The van der Waals surface area contributed by atoms with E-state index in [4.69, 9.17) is 0 Å². The van der Waals surface area contributed by atoms with Crippen molar-refractivity contribution in [1.29, 1.82) is 0 Å². The summed E-state index contributed by atoms with van der Waals surface area (Å²) in [4.78, 5) is 32.7. The Kier molecular flexibility index (Phi) is 6.14. The highest BCUT2D eigenvalue weighted by atomic mass is 19.4. The number of hydrogen-bond donors (Lipinski definition) is 0. The molecular formula is C31H23F3N4O2. The first kappa shape index (κ1) is 25.4. The molecule has 0 saturated carbocycles. The summed E-state index contributed by atoms with van der Waals surface area (Å²) < 4.78 is 44.3. The number of rotatable bonds is 3. The lowest BCUT2D eigenvalue weighted by Crippen LogP contribution is -2.30. The van der Waals surface area contributed by atoms with Gasteiger partial charge in [0.05, 0.1) is 18.7 Å². The number of anilines is 1. The fourth-order valence-electron chi connectivity index (χ4n) is 5.26. The van der Waals surface area contributed by atoms with Crippen LogP contribution in [0.3, 0.4) is 0 Å². The van der Waals surface area contributed by atoms with Crippen LogP contribution in [0, 0.1) is 6.92 Å². The summed E-state index contributed by atoms with van der Waals surface area (Å²) in [6, 6.07) is 21.3. The molecule has 6 nitrogen and oxygen atoms in total. The Hall–Kier alpha value is -4.92. The van der Waals surface area contributed by atoms with Gasteiger partial charge in [-0.25, -0.2) is 4.98 Å². The number of aryl methyl sites for hydroxylation is 1. The molecule has 40 heavy (non-hydrogen) atoms. The molecule has 0 saturated heterocycles. The van der Waals surface area contributed by atoms with Crippen LogP contribution in [0.2, 0.25) is 0 Å². The molecule has 200 valence electrons. The minimum atomic E-state index is -4.50. The van der Waals surface area contributed by atoms with Crippen molar-refractivity contribution in [2.75, 3.05) is 4.90 Å². The average Bonchev–Trinajstić information content (AvgIpc) is 3.59. The van der Waals surface area contributed by atoms with Gasteiger partial charge in [-0.15, -0.1) is 0 Å². The van der Waals surface area contributed by atoms with E-state index in [9.17, 15) is 22.8 Å². The molecule has 1 aliphatic rings. The highest BCUT2D eigenvalue weighted by Crippen LogP contribution is 2.38. The summed E-state index contributed by atoms with van der Waals surface area (Å²) in [5, 5.41) is 0. The summed E-state index contributed by atoms with van der Waals surface area (Å²) in [5.41, 5.74) is 3.50. The largest absolute Gasteiger partial charge is 0.417 e. The minimum absolute atomic E-state index is 0.0690. The maximum Gasteiger partial charge on any atom is 0.417 e. The van der Waals surface area contributed by atoms with Gasteiger partial charge in [0, 0.05) is 29.3 Å². The van der Waals surface area contributed by atoms with E-state index < -0.39 is 11.7 Å². The number of carbonyl (C=O) groups is 2. The second-order valence-electron chi connectivity index (χ2n) is 9.66. The number of halogens is 3. The van der Waals surface area contributed by atoms with Crippen LogP contribution in [0.15, 0.2) is 97.6 Å². The molecule has 0 fully saturated rings. The van der Waals surface area contributed by atoms with E-state index in [1.165, 1.54) is 29.2 Å². The first-order valence-corrected chi connectivity index (χ1v) is 12.6. The predicted molar refractivity (Wildman–Crippen MR) is 144 cm³/mol. The van der Waals surface area contributed by atoms with Crippen LogP contribution < -0.4 is 4.90 Å². The number of para-hydroxylation sites is 1. The van der Waals surface area contributed by atoms with E-state index in [-0.39, 0.29) is 23.9 Å². The van der Waals surface area contributed by atoms with Gasteiger partial charge in [-0.1, -0.05) is 42.5 Å². The number of hydrogen-bond acceptors (Lipinski definition) is 3. The second kappa shape index (κ2) is 9.68. The van der Waals surface area contributed by atoms with Crippen molar-refractivity contribution in [2.45, 2.75) is 26.2 Å². The van der Waals surface area contributed by atoms with Crippen molar-refractivity contribution in [2.24, 2.45) is 0 Å². The van der Waals surface area contributed by atoms with Gasteiger partial charge in [-0.3, -0.25) is 14.2 Å². The zero-order chi connectivity index (χ0) is 28.0. The van der Waals surface area contributed by atoms with Crippen LogP contribution in [-0.4, -0.2) is 25.9 Å². The lowest BCUT2D eigenvalue weighted by atomic mass is 9.94. The second-order valence-corrected chi connectivity index (χ2v) is 9.66. The molecule has 0 bridgehead atoms. The Morgan fingerprint density at radius 2 is 1.62 bits per heavy atom. The lowest BCUT2D eigenvalue weighted by molar-refractivity contribution is -0.137. The molecule has 0 radical (unpaired) electrons. The third-order valence-corrected chi connectivity index (χ3v) is 7.20. The van der Waals surface area contributed by atoms with Gasteiger partial charge in [0.1, 0.15) is 12.0 Å². The van der Waals surface area contributed by atoms with E-state index in [1.54, 1.807) is 48.4 Å². The number of imidazole rings is 1. The minimum Gasteiger partial charge on any atom is -0.334 e. The highest BCUT2D eigenvalue weighted by molar-refractivity contribution is 6.07. The standard InChI is InChI=1S/C31H23F3N4O2/c1-20-16-21(10-12-24(20)25-7-3-4-8-26(25)31(32,33)34)29(39)38-18-23-11-13-28(30(40)36-15-14-35-19-36)37(23)17-22-6-2-5-9-27(22)38/h2-16,19H,17-18H2,1H3. The zero-order valence-electron chi connectivity index (χ0n) is 21.4. The number of alkyl halides is 3. The number of aromatic nitrogens is 3. The van der Waals surface area contributed by atoms with Crippen LogP contribution in [-0.2, 0) is 19.3 Å². The molecule has 5 aromatic rings. The Bertz CT molecular complexity index is 1750. The van der Waals surface area contributed by atoms with E-state index in [1.807, 2.05) is 34.9 Å². The quantitative estimate of drug-likeness (QED) is 0.260. The molecule has 0 atom stereocenters. The Labute approximate surface area is 227 Å². The van der Waals surface area contributed by atoms with E-state index >= 15 is 0 Å². The van der Waals surface area contributed by atoms with Crippen LogP contribution >= 0.6 is 0 Å². The molecule has 6 rings (SSSR count). The molecule has 1 aliphatic heterocycles. The molecule has 2 aromatic heterocycles. The molecule has 0 aliphatic carbocycles. The van der Waals surface area contributed by atoms with Gasteiger partial charge >= 0.3 is 6.18 Å². The van der Waals surface area contributed by atoms with Crippen molar-refractivity contribution in [3.05, 3.63) is 131 Å². The summed E-state index contributed by atoms with van der Waals surface area (Å²) in [5.74, 6) is -0.519. The topological polar surface area (TPSA) is 60.1 Å². The third kappa shape index (κ3) is 4.39.